The second-order valence-electron chi connectivity index (χ2n) is 3.75. The standard InChI is InChI=1S/C14H11FINO/c1-17-13-7-6-9(16)8-11(13)14(18)10-4-2-3-5-12(10)15/h2-8,17H,1H3. The Balaban J connectivity index is 2.52. The van der Waals surface area contributed by atoms with Crippen molar-refractivity contribution in [3.8, 4) is 0 Å². The number of rotatable bonds is 3. The molecule has 0 atom stereocenters. The summed E-state index contributed by atoms with van der Waals surface area (Å²) in [7, 11) is 1.74. The van der Waals surface area contributed by atoms with Crippen molar-refractivity contribution in [3.63, 3.8) is 0 Å². The first-order valence-corrected chi connectivity index (χ1v) is 6.48. The third-order valence-corrected chi connectivity index (χ3v) is 3.29. The molecule has 2 nitrogen and oxygen atoms in total. The Morgan fingerprint density at radius 2 is 1.89 bits per heavy atom. The number of hydrogen-bond donors (Lipinski definition) is 1. The second-order valence-corrected chi connectivity index (χ2v) is 4.99. The molecule has 0 radical (unpaired) electrons. The van der Waals surface area contributed by atoms with Crippen LogP contribution in [0.3, 0.4) is 0 Å². The molecule has 0 amide bonds. The van der Waals surface area contributed by atoms with Gasteiger partial charge in [0.15, 0.2) is 5.78 Å². The maximum Gasteiger partial charge on any atom is 0.198 e. The molecule has 0 bridgehead atoms. The number of halogens is 2. The van der Waals surface area contributed by atoms with Gasteiger partial charge in [0.05, 0.1) is 5.56 Å². The van der Waals surface area contributed by atoms with E-state index in [2.05, 4.69) is 27.9 Å². The van der Waals surface area contributed by atoms with Gasteiger partial charge in [0, 0.05) is 21.9 Å². The Kier molecular flexibility index (Phi) is 3.96. The third kappa shape index (κ3) is 2.53. The molecule has 2 rings (SSSR count). The van der Waals surface area contributed by atoms with E-state index in [1.165, 1.54) is 12.1 Å². The van der Waals surface area contributed by atoms with Crippen molar-refractivity contribution in [1.29, 1.82) is 0 Å². The zero-order chi connectivity index (χ0) is 13.1. The van der Waals surface area contributed by atoms with Gasteiger partial charge in [-0.25, -0.2) is 4.39 Å². The van der Waals surface area contributed by atoms with Crippen LogP contribution in [0.15, 0.2) is 42.5 Å². The molecule has 0 aromatic heterocycles. The van der Waals surface area contributed by atoms with Gasteiger partial charge < -0.3 is 5.32 Å². The van der Waals surface area contributed by atoms with Crippen LogP contribution in [0.25, 0.3) is 0 Å². The molecule has 0 fully saturated rings. The number of benzene rings is 2. The summed E-state index contributed by atoms with van der Waals surface area (Å²) in [5.74, 6) is -0.806. The van der Waals surface area contributed by atoms with Crippen LogP contribution in [0, 0.1) is 9.39 Å². The van der Waals surface area contributed by atoms with Crippen molar-refractivity contribution in [2.45, 2.75) is 0 Å². The Hall–Kier alpha value is -1.43. The molecule has 0 saturated carbocycles. The van der Waals surface area contributed by atoms with Gasteiger partial charge in [-0.15, -0.1) is 0 Å². The Labute approximate surface area is 118 Å². The van der Waals surface area contributed by atoms with Gasteiger partial charge in [-0.05, 0) is 52.9 Å². The molecule has 2 aromatic carbocycles. The normalized spacial score (nSPS) is 10.2. The van der Waals surface area contributed by atoms with Crippen molar-refractivity contribution in [2.24, 2.45) is 0 Å². The van der Waals surface area contributed by atoms with Gasteiger partial charge in [0.1, 0.15) is 5.82 Å². The predicted octanol–water partition coefficient (Wildman–Crippen LogP) is 3.70. The summed E-state index contributed by atoms with van der Waals surface area (Å²) >= 11 is 2.13. The summed E-state index contributed by atoms with van der Waals surface area (Å²) in [6, 6.07) is 11.5. The Morgan fingerprint density at radius 3 is 2.56 bits per heavy atom. The highest BCUT2D eigenvalue weighted by Gasteiger charge is 2.16. The second kappa shape index (κ2) is 5.48. The van der Waals surface area contributed by atoms with Crippen LogP contribution < -0.4 is 5.32 Å². The van der Waals surface area contributed by atoms with E-state index >= 15 is 0 Å². The number of carbonyl (C=O) groups excluding carboxylic acids is 1. The van der Waals surface area contributed by atoms with Crippen molar-refractivity contribution in [1.82, 2.24) is 0 Å². The molecule has 0 saturated heterocycles. The minimum Gasteiger partial charge on any atom is -0.388 e. The van der Waals surface area contributed by atoms with E-state index < -0.39 is 5.82 Å². The topological polar surface area (TPSA) is 29.1 Å². The largest absolute Gasteiger partial charge is 0.388 e. The van der Waals surface area contributed by atoms with Gasteiger partial charge in [0.2, 0.25) is 0 Å². The van der Waals surface area contributed by atoms with E-state index in [9.17, 15) is 9.18 Å². The maximum atomic E-state index is 13.6. The lowest BCUT2D eigenvalue weighted by Gasteiger charge is -2.09. The van der Waals surface area contributed by atoms with Crippen molar-refractivity contribution in [2.75, 3.05) is 12.4 Å². The minimum absolute atomic E-state index is 0.0935. The summed E-state index contributed by atoms with van der Waals surface area (Å²) in [5, 5.41) is 2.95. The molecule has 0 heterocycles. The molecule has 0 aliphatic rings. The monoisotopic (exact) mass is 355 g/mol. The summed E-state index contributed by atoms with van der Waals surface area (Å²) < 4.78 is 14.6. The molecule has 0 spiro atoms. The SMILES string of the molecule is CNc1ccc(I)cc1C(=O)c1ccccc1F. The van der Waals surface area contributed by atoms with Gasteiger partial charge in [-0.2, -0.15) is 0 Å². The molecular weight excluding hydrogens is 344 g/mol. The molecule has 18 heavy (non-hydrogen) atoms. The Morgan fingerprint density at radius 1 is 1.17 bits per heavy atom. The van der Waals surface area contributed by atoms with Crippen LogP contribution in [0.2, 0.25) is 0 Å². The number of carbonyl (C=O) groups is 1. The third-order valence-electron chi connectivity index (χ3n) is 2.61. The highest BCUT2D eigenvalue weighted by atomic mass is 127. The zero-order valence-electron chi connectivity index (χ0n) is 9.71. The average molecular weight is 355 g/mol. The van der Waals surface area contributed by atoms with Crippen LogP contribution in [-0.4, -0.2) is 12.8 Å². The highest BCUT2D eigenvalue weighted by molar-refractivity contribution is 14.1. The number of nitrogens with one attached hydrogen (secondary N) is 1. The summed E-state index contributed by atoms with van der Waals surface area (Å²) in [4.78, 5) is 12.3. The molecular formula is C14H11FINO. The lowest BCUT2D eigenvalue weighted by molar-refractivity contribution is 0.103. The lowest BCUT2D eigenvalue weighted by Crippen LogP contribution is -2.07. The first-order chi connectivity index (χ1) is 8.63. The molecule has 1 N–H and O–H groups in total. The molecule has 0 aliphatic carbocycles. The fraction of sp³-hybridized carbons (Fsp3) is 0.0714. The number of anilines is 1. The first kappa shape index (κ1) is 13.0. The van der Waals surface area contributed by atoms with Crippen molar-refractivity contribution >= 4 is 34.1 Å². The van der Waals surface area contributed by atoms with Gasteiger partial charge in [-0.1, -0.05) is 12.1 Å². The van der Waals surface area contributed by atoms with Crippen LogP contribution in [0.5, 0.6) is 0 Å². The summed E-state index contributed by atoms with van der Waals surface area (Å²) in [6.07, 6.45) is 0. The van der Waals surface area contributed by atoms with Gasteiger partial charge in [-0.3, -0.25) is 4.79 Å². The van der Waals surface area contributed by atoms with Crippen LogP contribution in [-0.2, 0) is 0 Å². The average Bonchev–Trinajstić information content (AvgIpc) is 2.38. The van der Waals surface area contributed by atoms with Crippen LogP contribution in [0.1, 0.15) is 15.9 Å². The fourth-order valence-corrected chi connectivity index (χ4v) is 2.20. The highest BCUT2D eigenvalue weighted by Crippen LogP contribution is 2.22. The fourth-order valence-electron chi connectivity index (χ4n) is 1.71. The lowest BCUT2D eigenvalue weighted by atomic mass is 10.0. The summed E-state index contributed by atoms with van der Waals surface area (Å²) in [5.41, 5.74) is 1.27. The zero-order valence-corrected chi connectivity index (χ0v) is 11.9. The van der Waals surface area contributed by atoms with Crippen LogP contribution in [0.4, 0.5) is 10.1 Å². The molecule has 0 aliphatic heterocycles. The van der Waals surface area contributed by atoms with E-state index in [0.29, 0.717) is 11.3 Å². The smallest absolute Gasteiger partial charge is 0.198 e. The molecule has 0 unspecified atom stereocenters. The Bertz CT molecular complexity index is 598. The van der Waals surface area contributed by atoms with Crippen molar-refractivity contribution in [3.05, 3.63) is 63.0 Å². The van der Waals surface area contributed by atoms with E-state index in [0.717, 1.165) is 3.57 Å². The van der Waals surface area contributed by atoms with E-state index in [4.69, 9.17) is 0 Å². The molecule has 4 heteroatoms. The van der Waals surface area contributed by atoms with Crippen molar-refractivity contribution < 1.29 is 9.18 Å². The minimum atomic E-state index is -0.497. The van der Waals surface area contributed by atoms with Crippen LogP contribution >= 0.6 is 22.6 Å². The molecule has 2 aromatic rings. The van der Waals surface area contributed by atoms with E-state index in [1.807, 2.05) is 12.1 Å². The first-order valence-electron chi connectivity index (χ1n) is 5.40. The quantitative estimate of drug-likeness (QED) is 0.672. The van der Waals surface area contributed by atoms with E-state index in [1.54, 1.807) is 25.2 Å². The number of ketones is 1. The summed E-state index contributed by atoms with van der Waals surface area (Å²) in [6.45, 7) is 0. The van der Waals surface area contributed by atoms with E-state index in [-0.39, 0.29) is 11.3 Å². The molecule has 92 valence electrons. The predicted molar refractivity (Wildman–Crippen MR) is 78.5 cm³/mol. The van der Waals surface area contributed by atoms with Gasteiger partial charge in [0.25, 0.3) is 0 Å². The maximum absolute atomic E-state index is 13.6. The number of hydrogen-bond acceptors (Lipinski definition) is 2. The van der Waals surface area contributed by atoms with Gasteiger partial charge >= 0.3 is 0 Å².